The number of hydrogen-bond acceptors (Lipinski definition) is 2. The Morgan fingerprint density at radius 1 is 1.03 bits per heavy atom. The van der Waals surface area contributed by atoms with E-state index < -0.39 is 0 Å². The highest BCUT2D eigenvalue weighted by Crippen LogP contribution is 2.30. The van der Waals surface area contributed by atoms with Gasteiger partial charge in [-0.2, -0.15) is 0 Å². The number of hydrogen-bond donors (Lipinski definition) is 0. The van der Waals surface area contributed by atoms with Gasteiger partial charge in [0.1, 0.15) is 0 Å². The molecule has 4 nitrogen and oxygen atoms in total. The van der Waals surface area contributed by atoms with Gasteiger partial charge < -0.3 is 17.0 Å². The summed E-state index contributed by atoms with van der Waals surface area (Å²) in [6, 6.07) is 7.28. The van der Waals surface area contributed by atoms with Crippen LogP contribution in [-0.2, 0) is 13.1 Å². The summed E-state index contributed by atoms with van der Waals surface area (Å²) >= 11 is 0. The molecule has 2 aromatic rings. The van der Waals surface area contributed by atoms with Crippen molar-refractivity contribution >= 4 is 11.6 Å². The molecule has 0 unspecified atom stereocenters. The van der Waals surface area contributed by atoms with Crippen LogP contribution in [0.5, 0.6) is 0 Å². The van der Waals surface area contributed by atoms with Gasteiger partial charge in [0.05, 0.1) is 13.1 Å². The summed E-state index contributed by atoms with van der Waals surface area (Å²) in [5.74, 6) is 1.80. The second kappa shape index (κ2) is 9.38. The summed E-state index contributed by atoms with van der Waals surface area (Å²) in [5, 5.41) is 0. The fraction of sp³-hybridized carbons (Fsp3) is 0.542. The number of imidazole rings is 1. The van der Waals surface area contributed by atoms with Crippen LogP contribution in [0, 0.1) is 12.8 Å². The van der Waals surface area contributed by atoms with E-state index in [1.54, 1.807) is 12.1 Å². The molecule has 0 aliphatic heterocycles. The number of unbranched alkanes of at least 4 members (excludes halogenated alkanes) is 1. The molecule has 1 saturated carbocycles. The molecule has 1 heterocycles. The molecule has 2 aliphatic carbocycles. The number of nitrogens with zero attached hydrogens (tertiary/aromatic N) is 2. The maximum atomic E-state index is 13.4. The fourth-order valence-corrected chi connectivity index (χ4v) is 4.97. The molecule has 29 heavy (non-hydrogen) atoms. The highest BCUT2D eigenvalue weighted by Gasteiger charge is 2.42. The number of rotatable bonds is 6. The predicted molar refractivity (Wildman–Crippen MR) is 109 cm³/mol. The Bertz CT molecular complexity index is 910. The van der Waals surface area contributed by atoms with Crippen molar-refractivity contribution < 1.29 is 31.1 Å². The largest absolute Gasteiger partial charge is 1.00 e. The number of fused-ring (bicyclic) bond motifs is 2. The van der Waals surface area contributed by atoms with Gasteiger partial charge in [-0.15, -0.1) is 0 Å². The number of benzene rings is 1. The lowest BCUT2D eigenvalue weighted by atomic mass is 9.87. The Hall–Kier alpha value is -1.75. The van der Waals surface area contributed by atoms with Crippen molar-refractivity contribution in [1.82, 2.24) is 4.57 Å². The molecule has 1 aromatic heterocycles. The molecule has 1 fully saturated rings. The first-order valence-corrected chi connectivity index (χ1v) is 10.9. The van der Waals surface area contributed by atoms with Crippen LogP contribution in [0.4, 0.5) is 0 Å². The van der Waals surface area contributed by atoms with Crippen LogP contribution in [-0.4, -0.2) is 16.1 Å². The zero-order valence-corrected chi connectivity index (χ0v) is 19.1. The van der Waals surface area contributed by atoms with Crippen molar-refractivity contribution in [2.75, 3.05) is 0 Å². The molecule has 156 valence electrons. The Kier molecular flexibility index (Phi) is 7.10. The van der Waals surface area contributed by atoms with Gasteiger partial charge >= 0.3 is 0 Å². The number of carbonyl (C=O) groups excluding carboxylic acids is 2. The van der Waals surface area contributed by atoms with Crippen molar-refractivity contribution in [3.05, 3.63) is 52.6 Å². The molecular weight excluding hydrogens is 428 g/mol. The monoisotopic (exact) mass is 458 g/mol. The third kappa shape index (κ3) is 3.98. The third-order valence-electron chi connectivity index (χ3n) is 6.61. The van der Waals surface area contributed by atoms with E-state index in [2.05, 4.69) is 23.0 Å². The first-order chi connectivity index (χ1) is 13.6. The maximum absolute atomic E-state index is 13.4. The number of carbonyl (C=O) groups is 2. The van der Waals surface area contributed by atoms with E-state index in [-0.39, 0.29) is 28.5 Å². The summed E-state index contributed by atoms with van der Waals surface area (Å²) in [7, 11) is 0. The highest BCUT2D eigenvalue weighted by atomic mass is 79.9. The molecule has 0 amide bonds. The van der Waals surface area contributed by atoms with Crippen molar-refractivity contribution in [3.8, 4) is 0 Å². The van der Waals surface area contributed by atoms with Gasteiger partial charge in [-0.25, -0.2) is 9.13 Å². The van der Waals surface area contributed by atoms with Crippen LogP contribution in [0.15, 0.2) is 24.3 Å². The van der Waals surface area contributed by atoms with Crippen LogP contribution >= 0.6 is 0 Å². The summed E-state index contributed by atoms with van der Waals surface area (Å²) in [4.78, 5) is 26.7. The first kappa shape index (κ1) is 21.9. The minimum absolute atomic E-state index is 0. The van der Waals surface area contributed by atoms with E-state index in [1.807, 2.05) is 12.1 Å². The summed E-state index contributed by atoms with van der Waals surface area (Å²) in [6.45, 7) is 5.85. The zero-order chi connectivity index (χ0) is 19.7. The molecule has 0 radical (unpaired) electrons. The molecule has 0 saturated heterocycles. The summed E-state index contributed by atoms with van der Waals surface area (Å²) in [5.41, 5.74) is 2.33. The van der Waals surface area contributed by atoms with Crippen molar-refractivity contribution in [2.24, 2.45) is 5.92 Å². The molecule has 5 heteroatoms. The van der Waals surface area contributed by atoms with Crippen LogP contribution in [0.25, 0.3) is 0 Å². The zero-order valence-electron chi connectivity index (χ0n) is 17.5. The molecular formula is C24H31BrN2O2. The van der Waals surface area contributed by atoms with Crippen LogP contribution in [0.3, 0.4) is 0 Å². The maximum Gasteiger partial charge on any atom is 0.254 e. The minimum atomic E-state index is 0. The lowest BCUT2D eigenvalue weighted by Gasteiger charge is -2.21. The van der Waals surface area contributed by atoms with Gasteiger partial charge in [0, 0.05) is 18.1 Å². The first-order valence-electron chi connectivity index (χ1n) is 10.9. The van der Waals surface area contributed by atoms with Gasteiger partial charge in [0.25, 0.3) is 5.82 Å². The second-order valence-electron chi connectivity index (χ2n) is 8.40. The molecule has 0 bridgehead atoms. The Balaban J connectivity index is 0.00000240. The van der Waals surface area contributed by atoms with Gasteiger partial charge in [0.15, 0.2) is 0 Å². The van der Waals surface area contributed by atoms with E-state index in [4.69, 9.17) is 0 Å². The normalized spacial score (nSPS) is 16.3. The van der Waals surface area contributed by atoms with E-state index in [1.165, 1.54) is 32.1 Å². The van der Waals surface area contributed by atoms with Gasteiger partial charge in [-0.05, 0) is 18.8 Å². The smallest absolute Gasteiger partial charge is 0.254 e. The topological polar surface area (TPSA) is 43.0 Å². The second-order valence-corrected chi connectivity index (χ2v) is 8.40. The number of ketones is 2. The van der Waals surface area contributed by atoms with Crippen LogP contribution in [0.1, 0.15) is 96.2 Å². The van der Waals surface area contributed by atoms with Gasteiger partial charge in [0.2, 0.25) is 23.0 Å². The average Bonchev–Trinajstić information content (AvgIpc) is 3.01. The molecule has 0 spiro atoms. The van der Waals surface area contributed by atoms with Crippen LogP contribution in [0.2, 0.25) is 0 Å². The van der Waals surface area contributed by atoms with Crippen molar-refractivity contribution in [3.63, 3.8) is 0 Å². The molecule has 4 rings (SSSR count). The third-order valence-corrected chi connectivity index (χ3v) is 6.61. The van der Waals surface area contributed by atoms with Gasteiger partial charge in [-0.3, -0.25) is 9.59 Å². The quantitative estimate of drug-likeness (QED) is 0.526. The van der Waals surface area contributed by atoms with Gasteiger partial charge in [-0.1, -0.05) is 69.7 Å². The van der Waals surface area contributed by atoms with Crippen LogP contribution < -0.4 is 21.5 Å². The van der Waals surface area contributed by atoms with E-state index in [0.717, 1.165) is 44.1 Å². The minimum Gasteiger partial charge on any atom is -1.00 e. The molecule has 2 aliphatic rings. The Morgan fingerprint density at radius 3 is 2.34 bits per heavy atom. The lowest BCUT2D eigenvalue weighted by molar-refractivity contribution is -0.704. The SMILES string of the molecule is CCCC[n+]1c2c(n(CCC3CCCCC3)c1C)C(=O)c1ccccc1C2=O.[Br-]. The van der Waals surface area contributed by atoms with E-state index in [9.17, 15) is 9.59 Å². The fourth-order valence-electron chi connectivity index (χ4n) is 4.97. The van der Waals surface area contributed by atoms with E-state index in [0.29, 0.717) is 22.5 Å². The lowest BCUT2D eigenvalue weighted by Crippen LogP contribution is -3.00. The molecule has 0 atom stereocenters. The van der Waals surface area contributed by atoms with Crippen molar-refractivity contribution in [1.29, 1.82) is 0 Å². The van der Waals surface area contributed by atoms with Crippen molar-refractivity contribution in [2.45, 2.75) is 78.3 Å². The summed E-state index contributed by atoms with van der Waals surface area (Å²) < 4.78 is 4.26. The summed E-state index contributed by atoms with van der Waals surface area (Å²) in [6.07, 6.45) is 9.78. The Morgan fingerprint density at radius 2 is 1.69 bits per heavy atom. The predicted octanol–water partition coefficient (Wildman–Crippen LogP) is 1.63. The average molecular weight is 459 g/mol. The molecule has 1 aromatic carbocycles. The molecule has 0 N–H and O–H groups in total. The van der Waals surface area contributed by atoms with E-state index >= 15 is 0 Å². The Labute approximate surface area is 184 Å². The highest BCUT2D eigenvalue weighted by molar-refractivity contribution is 6.26. The number of aromatic nitrogens is 2. The standard InChI is InChI=1S/C24H31N2O2.BrH/c1-3-4-15-25-17(2)26(16-14-18-10-6-5-7-11-18)22-21(25)23(27)19-12-8-9-13-20(19)24(22)28;/h8-9,12-13,18H,3-7,10-11,14-16H2,1-2H3;1H/q+1;/p-1. The number of halogens is 1.